The summed E-state index contributed by atoms with van der Waals surface area (Å²) in [5.41, 5.74) is 7.87. The maximum atomic E-state index is 12.1. The van der Waals surface area contributed by atoms with Crippen LogP contribution in [0.25, 0.3) is 10.9 Å². The largest absolute Gasteiger partial charge is 0.423 e. The highest BCUT2D eigenvalue weighted by molar-refractivity contribution is 5.91. The first-order valence-electron chi connectivity index (χ1n) is 6.62. The first kappa shape index (κ1) is 13.3. The van der Waals surface area contributed by atoms with Crippen molar-refractivity contribution in [3.05, 3.63) is 71.9 Å². The maximum absolute atomic E-state index is 12.1. The number of hydrogen-bond acceptors (Lipinski definition) is 4. The Kier molecular flexibility index (Phi) is 3.62. The number of carbonyl (C=O) groups is 1. The number of nitrogens with two attached hydrogens (primary N) is 1. The second kappa shape index (κ2) is 5.73. The van der Waals surface area contributed by atoms with Gasteiger partial charge in [0.1, 0.15) is 5.75 Å². The van der Waals surface area contributed by atoms with E-state index in [0.29, 0.717) is 17.9 Å². The number of carbonyl (C=O) groups excluding carboxylic acids is 1. The van der Waals surface area contributed by atoms with Crippen LogP contribution in [-0.4, -0.2) is 11.0 Å². The van der Waals surface area contributed by atoms with E-state index < -0.39 is 0 Å². The van der Waals surface area contributed by atoms with E-state index in [1.165, 1.54) is 0 Å². The molecule has 0 spiro atoms. The Labute approximate surface area is 122 Å². The van der Waals surface area contributed by atoms with E-state index in [2.05, 4.69) is 4.98 Å². The average Bonchev–Trinajstić information content (AvgIpc) is 2.55. The summed E-state index contributed by atoms with van der Waals surface area (Å²) in [5, 5.41) is 0.932. The Morgan fingerprint density at radius 2 is 1.90 bits per heavy atom. The highest BCUT2D eigenvalue weighted by Gasteiger charge is 2.09. The number of aromatic nitrogens is 1. The fraction of sp³-hybridized carbons (Fsp3) is 0.0588. The van der Waals surface area contributed by atoms with E-state index in [1.807, 2.05) is 30.3 Å². The molecule has 104 valence electrons. The summed E-state index contributed by atoms with van der Waals surface area (Å²) in [7, 11) is 0. The van der Waals surface area contributed by atoms with Gasteiger partial charge in [0.05, 0.1) is 11.1 Å². The highest BCUT2D eigenvalue weighted by Crippen LogP contribution is 2.20. The van der Waals surface area contributed by atoms with Gasteiger partial charge in [0.15, 0.2) is 0 Å². The maximum Gasteiger partial charge on any atom is 0.343 e. The fourth-order valence-electron chi connectivity index (χ4n) is 2.06. The Balaban J connectivity index is 1.81. The SMILES string of the molecule is NCc1ccc(C(=O)Oc2ccc3ncccc3c2)cc1. The van der Waals surface area contributed by atoms with Gasteiger partial charge in [-0.1, -0.05) is 18.2 Å². The minimum atomic E-state index is -0.387. The molecule has 0 aliphatic heterocycles. The average molecular weight is 278 g/mol. The van der Waals surface area contributed by atoms with Gasteiger partial charge < -0.3 is 10.5 Å². The van der Waals surface area contributed by atoms with Gasteiger partial charge in [0.25, 0.3) is 0 Å². The third-order valence-corrected chi connectivity index (χ3v) is 3.21. The summed E-state index contributed by atoms with van der Waals surface area (Å²) in [5.74, 6) is 0.116. The predicted octanol–water partition coefficient (Wildman–Crippen LogP) is 2.91. The lowest BCUT2D eigenvalue weighted by Gasteiger charge is -2.06. The number of esters is 1. The fourth-order valence-corrected chi connectivity index (χ4v) is 2.06. The van der Waals surface area contributed by atoms with Crippen molar-refractivity contribution in [3.63, 3.8) is 0 Å². The molecule has 1 heterocycles. The lowest BCUT2D eigenvalue weighted by atomic mass is 10.1. The van der Waals surface area contributed by atoms with E-state index in [4.69, 9.17) is 10.5 Å². The van der Waals surface area contributed by atoms with Gasteiger partial charge in [-0.15, -0.1) is 0 Å². The number of nitrogens with zero attached hydrogens (tertiary/aromatic N) is 1. The van der Waals surface area contributed by atoms with Crippen LogP contribution in [0, 0.1) is 0 Å². The number of fused-ring (bicyclic) bond motifs is 1. The van der Waals surface area contributed by atoms with Crippen molar-refractivity contribution in [1.82, 2.24) is 4.98 Å². The number of ether oxygens (including phenoxy) is 1. The lowest BCUT2D eigenvalue weighted by molar-refractivity contribution is 0.0735. The zero-order chi connectivity index (χ0) is 14.7. The molecule has 1 aromatic heterocycles. The van der Waals surface area contributed by atoms with Crippen LogP contribution < -0.4 is 10.5 Å². The summed E-state index contributed by atoms with van der Waals surface area (Å²) in [4.78, 5) is 16.3. The summed E-state index contributed by atoms with van der Waals surface area (Å²) in [6.07, 6.45) is 1.73. The van der Waals surface area contributed by atoms with E-state index in [-0.39, 0.29) is 5.97 Å². The molecule has 4 heteroatoms. The summed E-state index contributed by atoms with van der Waals surface area (Å²) >= 11 is 0. The quantitative estimate of drug-likeness (QED) is 0.591. The zero-order valence-electron chi connectivity index (χ0n) is 11.3. The third-order valence-electron chi connectivity index (χ3n) is 3.21. The van der Waals surface area contributed by atoms with Crippen LogP contribution in [0.4, 0.5) is 0 Å². The first-order valence-corrected chi connectivity index (χ1v) is 6.62. The van der Waals surface area contributed by atoms with Crippen LogP contribution in [0.1, 0.15) is 15.9 Å². The van der Waals surface area contributed by atoms with Gasteiger partial charge in [0, 0.05) is 18.1 Å². The predicted molar refractivity (Wildman–Crippen MR) is 81.0 cm³/mol. The Morgan fingerprint density at radius 1 is 1.10 bits per heavy atom. The molecular weight excluding hydrogens is 264 g/mol. The van der Waals surface area contributed by atoms with Crippen molar-refractivity contribution in [2.75, 3.05) is 0 Å². The van der Waals surface area contributed by atoms with Crippen molar-refractivity contribution >= 4 is 16.9 Å². The van der Waals surface area contributed by atoms with Gasteiger partial charge in [-0.3, -0.25) is 4.98 Å². The molecule has 0 saturated heterocycles. The van der Waals surface area contributed by atoms with Crippen LogP contribution in [0.5, 0.6) is 5.75 Å². The van der Waals surface area contributed by atoms with E-state index in [9.17, 15) is 4.79 Å². The van der Waals surface area contributed by atoms with Crippen LogP contribution in [0.3, 0.4) is 0 Å². The molecule has 0 unspecified atom stereocenters. The highest BCUT2D eigenvalue weighted by atomic mass is 16.5. The van der Waals surface area contributed by atoms with Crippen molar-refractivity contribution in [2.45, 2.75) is 6.54 Å². The molecule has 0 aliphatic carbocycles. The number of benzene rings is 2. The molecule has 0 saturated carbocycles. The molecule has 0 aliphatic rings. The molecule has 2 aromatic carbocycles. The second-order valence-electron chi connectivity index (χ2n) is 4.65. The van der Waals surface area contributed by atoms with Crippen molar-refractivity contribution < 1.29 is 9.53 Å². The van der Waals surface area contributed by atoms with Crippen molar-refractivity contribution in [1.29, 1.82) is 0 Å². The third kappa shape index (κ3) is 2.90. The molecule has 2 N–H and O–H groups in total. The van der Waals surface area contributed by atoms with Crippen LogP contribution >= 0.6 is 0 Å². The number of pyridine rings is 1. The smallest absolute Gasteiger partial charge is 0.343 e. The number of hydrogen-bond donors (Lipinski definition) is 1. The van der Waals surface area contributed by atoms with Gasteiger partial charge in [-0.25, -0.2) is 4.79 Å². The van der Waals surface area contributed by atoms with Gasteiger partial charge >= 0.3 is 5.97 Å². The first-order chi connectivity index (χ1) is 10.3. The Hall–Kier alpha value is -2.72. The summed E-state index contributed by atoms with van der Waals surface area (Å²) < 4.78 is 5.38. The van der Waals surface area contributed by atoms with Gasteiger partial charge in [0.2, 0.25) is 0 Å². The second-order valence-corrected chi connectivity index (χ2v) is 4.65. The Morgan fingerprint density at radius 3 is 2.67 bits per heavy atom. The molecule has 0 fully saturated rings. The molecule has 0 amide bonds. The van der Waals surface area contributed by atoms with E-state index >= 15 is 0 Å². The minimum Gasteiger partial charge on any atom is -0.423 e. The molecule has 0 bridgehead atoms. The molecule has 4 nitrogen and oxygen atoms in total. The number of rotatable bonds is 3. The summed E-state index contributed by atoms with van der Waals surface area (Å²) in [6.45, 7) is 0.451. The van der Waals surface area contributed by atoms with Crippen molar-refractivity contribution in [3.8, 4) is 5.75 Å². The van der Waals surface area contributed by atoms with Gasteiger partial charge in [-0.05, 0) is 42.0 Å². The minimum absolute atomic E-state index is 0.387. The lowest BCUT2D eigenvalue weighted by Crippen LogP contribution is -2.08. The van der Waals surface area contributed by atoms with E-state index in [0.717, 1.165) is 16.5 Å². The molecule has 3 aromatic rings. The molecule has 0 atom stereocenters. The molecular formula is C17H14N2O2. The summed E-state index contributed by atoms with van der Waals surface area (Å²) in [6, 6.07) is 16.2. The van der Waals surface area contributed by atoms with Crippen molar-refractivity contribution in [2.24, 2.45) is 5.73 Å². The monoisotopic (exact) mass is 278 g/mol. The normalized spacial score (nSPS) is 10.5. The Bertz CT molecular complexity index is 782. The van der Waals surface area contributed by atoms with Crippen LogP contribution in [0.15, 0.2) is 60.8 Å². The molecule has 0 radical (unpaired) electrons. The van der Waals surface area contributed by atoms with E-state index in [1.54, 1.807) is 30.5 Å². The van der Waals surface area contributed by atoms with Crippen LogP contribution in [0.2, 0.25) is 0 Å². The molecule has 3 rings (SSSR count). The molecule has 21 heavy (non-hydrogen) atoms. The zero-order valence-corrected chi connectivity index (χ0v) is 11.3. The van der Waals surface area contributed by atoms with Crippen LogP contribution in [-0.2, 0) is 6.54 Å². The standard InChI is InChI=1S/C17H14N2O2/c18-11-12-3-5-13(6-4-12)17(20)21-15-7-8-16-14(10-15)2-1-9-19-16/h1-10H,11,18H2. The topological polar surface area (TPSA) is 65.2 Å². The van der Waals surface area contributed by atoms with Gasteiger partial charge in [-0.2, -0.15) is 0 Å².